The molecule has 1 aromatic carbocycles. The lowest BCUT2D eigenvalue weighted by Crippen LogP contribution is -2.30. The average Bonchev–Trinajstić information content (AvgIpc) is 2.38. The van der Waals surface area contributed by atoms with Crippen molar-refractivity contribution < 1.29 is 9.18 Å². The molecule has 0 saturated heterocycles. The number of hydrogen-bond donors (Lipinski definition) is 3. The van der Waals surface area contributed by atoms with Crippen LogP contribution in [0.4, 0.5) is 4.39 Å². The van der Waals surface area contributed by atoms with Gasteiger partial charge in [-0.25, -0.2) is 10.2 Å². The summed E-state index contributed by atoms with van der Waals surface area (Å²) >= 11 is 0. The van der Waals surface area contributed by atoms with E-state index in [9.17, 15) is 9.18 Å². The molecule has 0 aliphatic carbocycles. The number of halogens is 1. The molecule has 0 bridgehead atoms. The van der Waals surface area contributed by atoms with Gasteiger partial charge in [-0.2, -0.15) is 0 Å². The molecule has 0 unspecified atom stereocenters. The first-order chi connectivity index (χ1) is 8.58. The summed E-state index contributed by atoms with van der Waals surface area (Å²) in [6.45, 7) is 2.06. The molecule has 18 heavy (non-hydrogen) atoms. The standard InChI is InChI=1S/C12H19FN4O/c1-15-5-6-17(2)8-10-7-9(12(18)16-14)3-4-11(10)13/h3-4,7,15H,5-6,8,14H2,1-2H3,(H,16,18). The van der Waals surface area contributed by atoms with Crippen LogP contribution in [0.2, 0.25) is 0 Å². The van der Waals surface area contributed by atoms with Crippen LogP contribution in [0.5, 0.6) is 0 Å². The minimum Gasteiger partial charge on any atom is -0.318 e. The van der Waals surface area contributed by atoms with Gasteiger partial charge in [-0.1, -0.05) is 0 Å². The van der Waals surface area contributed by atoms with Crippen molar-refractivity contribution in [2.24, 2.45) is 5.84 Å². The molecule has 4 N–H and O–H groups in total. The highest BCUT2D eigenvalue weighted by molar-refractivity contribution is 5.93. The van der Waals surface area contributed by atoms with Crippen LogP contribution in [-0.4, -0.2) is 38.0 Å². The number of benzene rings is 1. The fraction of sp³-hybridized carbons (Fsp3) is 0.417. The predicted octanol–water partition coefficient (Wildman–Crippen LogP) is 0.0804. The van der Waals surface area contributed by atoms with Gasteiger partial charge in [-0.15, -0.1) is 0 Å². The molecule has 0 aliphatic rings. The molecular formula is C12H19FN4O. The van der Waals surface area contributed by atoms with Crippen LogP contribution in [0.1, 0.15) is 15.9 Å². The van der Waals surface area contributed by atoms with Crippen molar-refractivity contribution in [2.45, 2.75) is 6.54 Å². The van der Waals surface area contributed by atoms with Gasteiger partial charge in [0, 0.05) is 30.8 Å². The summed E-state index contributed by atoms with van der Waals surface area (Å²) in [5.41, 5.74) is 2.87. The number of hydrogen-bond acceptors (Lipinski definition) is 4. The second kappa shape index (κ2) is 7.05. The lowest BCUT2D eigenvalue weighted by atomic mass is 10.1. The van der Waals surface area contributed by atoms with Crippen molar-refractivity contribution in [1.29, 1.82) is 0 Å². The molecular weight excluding hydrogens is 235 g/mol. The molecule has 5 nitrogen and oxygen atoms in total. The Labute approximate surface area is 106 Å². The Kier molecular flexibility index (Phi) is 5.70. The van der Waals surface area contributed by atoms with E-state index < -0.39 is 5.91 Å². The Balaban J connectivity index is 2.77. The topological polar surface area (TPSA) is 70.4 Å². The number of hydrazine groups is 1. The summed E-state index contributed by atoms with van der Waals surface area (Å²) in [5, 5.41) is 3.02. The van der Waals surface area contributed by atoms with Crippen LogP contribution in [0, 0.1) is 5.82 Å². The second-order valence-corrected chi connectivity index (χ2v) is 4.12. The number of rotatable bonds is 6. The molecule has 0 fully saturated rings. The van der Waals surface area contributed by atoms with Gasteiger partial charge < -0.3 is 10.2 Å². The highest BCUT2D eigenvalue weighted by Gasteiger charge is 2.10. The van der Waals surface area contributed by atoms with E-state index in [1.807, 2.05) is 24.4 Å². The highest BCUT2D eigenvalue weighted by Crippen LogP contribution is 2.12. The molecule has 0 aromatic heterocycles. The smallest absolute Gasteiger partial charge is 0.265 e. The number of amides is 1. The van der Waals surface area contributed by atoms with Crippen LogP contribution in [0.3, 0.4) is 0 Å². The zero-order valence-electron chi connectivity index (χ0n) is 10.7. The van der Waals surface area contributed by atoms with Crippen molar-refractivity contribution in [3.8, 4) is 0 Å². The van der Waals surface area contributed by atoms with Gasteiger partial charge in [-0.3, -0.25) is 10.2 Å². The number of carbonyl (C=O) groups excluding carboxylic acids is 1. The lowest BCUT2D eigenvalue weighted by molar-refractivity contribution is 0.0953. The number of nitrogen functional groups attached to an aromatic ring is 1. The molecule has 0 radical (unpaired) electrons. The predicted molar refractivity (Wildman–Crippen MR) is 68.3 cm³/mol. The lowest BCUT2D eigenvalue weighted by Gasteiger charge is -2.17. The van der Waals surface area contributed by atoms with E-state index in [2.05, 4.69) is 5.32 Å². The maximum absolute atomic E-state index is 13.6. The Morgan fingerprint density at radius 3 is 2.83 bits per heavy atom. The maximum Gasteiger partial charge on any atom is 0.265 e. The number of likely N-dealkylation sites (N-methyl/N-ethyl adjacent to an activating group) is 2. The molecule has 1 amide bonds. The first-order valence-electron chi connectivity index (χ1n) is 5.71. The molecule has 0 saturated carbocycles. The zero-order chi connectivity index (χ0) is 13.5. The van der Waals surface area contributed by atoms with Crippen molar-refractivity contribution in [3.05, 3.63) is 35.1 Å². The van der Waals surface area contributed by atoms with Gasteiger partial charge >= 0.3 is 0 Å². The van der Waals surface area contributed by atoms with Crippen molar-refractivity contribution in [2.75, 3.05) is 27.2 Å². The Hall–Kier alpha value is -1.50. The van der Waals surface area contributed by atoms with Crippen molar-refractivity contribution in [3.63, 3.8) is 0 Å². The Bertz CT molecular complexity index is 411. The minimum absolute atomic E-state index is 0.320. The van der Waals surface area contributed by atoms with Gasteiger partial charge in [0.15, 0.2) is 0 Å². The van der Waals surface area contributed by atoms with Crippen LogP contribution < -0.4 is 16.6 Å². The van der Waals surface area contributed by atoms with Crippen LogP contribution in [0.25, 0.3) is 0 Å². The van der Waals surface area contributed by atoms with E-state index in [4.69, 9.17) is 5.84 Å². The van der Waals surface area contributed by atoms with Gasteiger partial charge in [0.25, 0.3) is 5.91 Å². The van der Waals surface area contributed by atoms with Crippen LogP contribution in [-0.2, 0) is 6.54 Å². The third-order valence-electron chi connectivity index (χ3n) is 2.62. The fourth-order valence-corrected chi connectivity index (χ4v) is 1.59. The zero-order valence-corrected chi connectivity index (χ0v) is 10.7. The molecule has 0 heterocycles. The number of nitrogens with two attached hydrogens (primary N) is 1. The quantitative estimate of drug-likeness (QED) is 0.382. The SMILES string of the molecule is CNCCN(C)Cc1cc(C(=O)NN)ccc1F. The first kappa shape index (κ1) is 14.6. The van der Waals surface area contributed by atoms with E-state index in [-0.39, 0.29) is 5.82 Å². The fourth-order valence-electron chi connectivity index (χ4n) is 1.59. The van der Waals surface area contributed by atoms with Gasteiger partial charge in [0.05, 0.1) is 0 Å². The summed E-state index contributed by atoms with van der Waals surface area (Å²) in [6, 6.07) is 4.22. The average molecular weight is 254 g/mol. The second-order valence-electron chi connectivity index (χ2n) is 4.12. The number of nitrogens with zero attached hydrogens (tertiary/aromatic N) is 1. The highest BCUT2D eigenvalue weighted by atomic mass is 19.1. The Morgan fingerprint density at radius 2 is 2.22 bits per heavy atom. The van der Waals surface area contributed by atoms with E-state index in [0.29, 0.717) is 17.7 Å². The summed E-state index contributed by atoms with van der Waals surface area (Å²) in [7, 11) is 3.76. The number of carbonyl (C=O) groups is 1. The van der Waals surface area contributed by atoms with Crippen LogP contribution in [0.15, 0.2) is 18.2 Å². The van der Waals surface area contributed by atoms with Gasteiger partial charge in [0.1, 0.15) is 5.82 Å². The summed E-state index contributed by atoms with van der Waals surface area (Å²) in [4.78, 5) is 13.3. The molecule has 0 aliphatic heterocycles. The maximum atomic E-state index is 13.6. The summed E-state index contributed by atoms with van der Waals surface area (Å²) in [5.74, 6) is 4.31. The third kappa shape index (κ3) is 4.06. The van der Waals surface area contributed by atoms with Gasteiger partial charge in [0.2, 0.25) is 0 Å². The van der Waals surface area contributed by atoms with Crippen molar-refractivity contribution >= 4 is 5.91 Å². The summed E-state index contributed by atoms with van der Waals surface area (Å²) < 4.78 is 13.6. The molecule has 1 rings (SSSR count). The summed E-state index contributed by atoms with van der Waals surface area (Å²) in [6.07, 6.45) is 0. The minimum atomic E-state index is -0.422. The first-order valence-corrected chi connectivity index (χ1v) is 5.71. The molecule has 100 valence electrons. The van der Waals surface area contributed by atoms with E-state index in [1.54, 1.807) is 0 Å². The van der Waals surface area contributed by atoms with E-state index >= 15 is 0 Å². The van der Waals surface area contributed by atoms with Gasteiger partial charge in [-0.05, 0) is 32.3 Å². The Morgan fingerprint density at radius 1 is 1.50 bits per heavy atom. The third-order valence-corrected chi connectivity index (χ3v) is 2.62. The molecule has 0 atom stereocenters. The largest absolute Gasteiger partial charge is 0.318 e. The van der Waals surface area contributed by atoms with E-state index in [1.165, 1.54) is 18.2 Å². The molecule has 1 aromatic rings. The van der Waals surface area contributed by atoms with Crippen molar-refractivity contribution in [1.82, 2.24) is 15.6 Å². The van der Waals surface area contributed by atoms with E-state index in [0.717, 1.165) is 13.1 Å². The van der Waals surface area contributed by atoms with Crippen LogP contribution >= 0.6 is 0 Å². The normalized spacial score (nSPS) is 10.7. The monoisotopic (exact) mass is 254 g/mol. The molecule has 0 spiro atoms. The number of nitrogens with one attached hydrogen (secondary N) is 2. The molecule has 6 heteroatoms.